The lowest BCUT2D eigenvalue weighted by atomic mass is 10.0. The monoisotopic (exact) mass is 379 g/mol. The van der Waals surface area contributed by atoms with E-state index in [0.29, 0.717) is 5.16 Å². The van der Waals surface area contributed by atoms with Crippen molar-refractivity contribution in [1.29, 1.82) is 0 Å². The summed E-state index contributed by atoms with van der Waals surface area (Å²) in [7, 11) is 0. The maximum Gasteiger partial charge on any atom is 0.240 e. The van der Waals surface area contributed by atoms with Crippen LogP contribution >= 0.6 is 11.8 Å². The van der Waals surface area contributed by atoms with Gasteiger partial charge in [0, 0.05) is 12.1 Å². The summed E-state index contributed by atoms with van der Waals surface area (Å²) in [6.07, 6.45) is 0.766. The molecule has 0 aliphatic carbocycles. The zero-order valence-corrected chi connectivity index (χ0v) is 16.0. The molecular weight excluding hydrogens is 358 g/mol. The summed E-state index contributed by atoms with van der Waals surface area (Å²) in [5.41, 5.74) is 6.37. The molecular formula is C20H21N5OS. The Morgan fingerprint density at radius 3 is 2.63 bits per heavy atom. The number of aryl methyl sites for hydroxylation is 2. The molecule has 3 aromatic rings. The van der Waals surface area contributed by atoms with Crippen molar-refractivity contribution in [3.63, 3.8) is 0 Å². The minimum absolute atomic E-state index is 0.0528. The molecule has 1 aromatic heterocycles. The van der Waals surface area contributed by atoms with E-state index in [4.69, 9.17) is 0 Å². The molecule has 0 radical (unpaired) electrons. The van der Waals surface area contributed by atoms with Crippen molar-refractivity contribution in [2.24, 2.45) is 0 Å². The lowest BCUT2D eigenvalue weighted by Gasteiger charge is -2.33. The van der Waals surface area contributed by atoms with Gasteiger partial charge in [-0.05, 0) is 24.1 Å². The molecule has 1 amide bonds. The first kappa shape index (κ1) is 17.6. The Hall–Kier alpha value is -2.80. The Labute approximate surface area is 162 Å². The molecule has 1 aliphatic heterocycles. The van der Waals surface area contributed by atoms with Crippen molar-refractivity contribution >= 4 is 23.4 Å². The molecule has 138 valence electrons. The van der Waals surface area contributed by atoms with Gasteiger partial charge >= 0.3 is 0 Å². The van der Waals surface area contributed by atoms with Crippen LogP contribution in [-0.4, -0.2) is 26.0 Å². The molecule has 2 atom stereocenters. The van der Waals surface area contributed by atoms with E-state index in [2.05, 4.69) is 20.9 Å². The van der Waals surface area contributed by atoms with Crippen LogP contribution in [0.1, 0.15) is 29.9 Å². The SMILES string of the molecule is CCc1nnc2n1N[C@H](c1ccccc1)[C@H](C(=O)Nc1ccccc1C)S2. The number of carbonyl (C=O) groups is 1. The summed E-state index contributed by atoms with van der Waals surface area (Å²) in [6.45, 7) is 4.03. The van der Waals surface area contributed by atoms with Gasteiger partial charge in [0.25, 0.3) is 0 Å². The number of hydrogen-bond donors (Lipinski definition) is 2. The molecule has 0 fully saturated rings. The first-order chi connectivity index (χ1) is 13.2. The van der Waals surface area contributed by atoms with Gasteiger partial charge in [-0.15, -0.1) is 10.2 Å². The second-order valence-corrected chi connectivity index (χ2v) is 7.56. The van der Waals surface area contributed by atoms with Crippen molar-refractivity contribution in [3.05, 3.63) is 71.5 Å². The van der Waals surface area contributed by atoms with Crippen molar-refractivity contribution in [1.82, 2.24) is 14.9 Å². The van der Waals surface area contributed by atoms with E-state index in [1.165, 1.54) is 11.8 Å². The van der Waals surface area contributed by atoms with Crippen molar-refractivity contribution in [3.8, 4) is 0 Å². The van der Waals surface area contributed by atoms with Gasteiger partial charge in [-0.2, -0.15) is 0 Å². The minimum Gasteiger partial charge on any atom is -0.325 e. The highest BCUT2D eigenvalue weighted by Gasteiger charge is 2.37. The Bertz CT molecular complexity index is 956. The maximum absolute atomic E-state index is 13.2. The number of carbonyl (C=O) groups excluding carboxylic acids is 1. The predicted molar refractivity (Wildman–Crippen MR) is 107 cm³/mol. The van der Waals surface area contributed by atoms with E-state index in [1.807, 2.05) is 73.1 Å². The highest BCUT2D eigenvalue weighted by Crippen LogP contribution is 2.37. The summed E-state index contributed by atoms with van der Waals surface area (Å²) in [5.74, 6) is 0.805. The van der Waals surface area contributed by atoms with Crippen LogP contribution in [-0.2, 0) is 11.2 Å². The van der Waals surface area contributed by atoms with Gasteiger partial charge in [0.1, 0.15) is 5.25 Å². The molecule has 1 aliphatic rings. The largest absolute Gasteiger partial charge is 0.325 e. The molecule has 0 saturated heterocycles. The number of fused-ring (bicyclic) bond motifs is 1. The second-order valence-electron chi connectivity index (χ2n) is 6.45. The van der Waals surface area contributed by atoms with Crippen LogP contribution in [0.25, 0.3) is 0 Å². The summed E-state index contributed by atoms with van der Waals surface area (Å²) < 4.78 is 1.90. The predicted octanol–water partition coefficient (Wildman–Crippen LogP) is 3.55. The first-order valence-electron chi connectivity index (χ1n) is 8.96. The number of anilines is 1. The lowest BCUT2D eigenvalue weighted by molar-refractivity contribution is -0.116. The van der Waals surface area contributed by atoms with E-state index in [9.17, 15) is 4.79 Å². The van der Waals surface area contributed by atoms with E-state index < -0.39 is 0 Å². The van der Waals surface area contributed by atoms with Crippen LogP contribution in [0.3, 0.4) is 0 Å². The zero-order chi connectivity index (χ0) is 18.8. The summed E-state index contributed by atoms with van der Waals surface area (Å²) in [4.78, 5) is 13.2. The fourth-order valence-electron chi connectivity index (χ4n) is 3.16. The third-order valence-corrected chi connectivity index (χ3v) is 5.86. The maximum atomic E-state index is 13.2. The average Bonchev–Trinajstić information content (AvgIpc) is 3.11. The minimum atomic E-state index is -0.367. The Morgan fingerprint density at radius 2 is 1.89 bits per heavy atom. The third-order valence-electron chi connectivity index (χ3n) is 4.64. The average molecular weight is 379 g/mol. The van der Waals surface area contributed by atoms with Gasteiger partial charge in [0.2, 0.25) is 11.1 Å². The molecule has 7 heteroatoms. The first-order valence-corrected chi connectivity index (χ1v) is 9.84. The lowest BCUT2D eigenvalue weighted by Crippen LogP contribution is -2.41. The number of para-hydroxylation sites is 1. The van der Waals surface area contributed by atoms with Crippen LogP contribution in [0.4, 0.5) is 5.69 Å². The fourth-order valence-corrected chi connectivity index (χ4v) is 4.25. The number of benzene rings is 2. The van der Waals surface area contributed by atoms with Gasteiger partial charge in [-0.3, -0.25) is 4.79 Å². The molecule has 27 heavy (non-hydrogen) atoms. The van der Waals surface area contributed by atoms with E-state index in [-0.39, 0.29) is 17.2 Å². The van der Waals surface area contributed by atoms with Gasteiger partial charge in [0.05, 0.1) is 6.04 Å². The smallest absolute Gasteiger partial charge is 0.240 e. The number of amides is 1. The summed E-state index contributed by atoms with van der Waals surface area (Å²) in [6, 6.07) is 17.6. The van der Waals surface area contributed by atoms with Crippen molar-refractivity contribution in [2.75, 3.05) is 10.7 Å². The number of thioether (sulfide) groups is 1. The Kier molecular flexibility index (Phi) is 4.85. The molecule has 2 aromatic carbocycles. The van der Waals surface area contributed by atoms with Crippen LogP contribution < -0.4 is 10.7 Å². The van der Waals surface area contributed by atoms with Gasteiger partial charge < -0.3 is 10.7 Å². The summed E-state index contributed by atoms with van der Waals surface area (Å²) in [5, 5.41) is 11.9. The van der Waals surface area contributed by atoms with Gasteiger partial charge in [-0.25, -0.2) is 4.68 Å². The highest BCUT2D eigenvalue weighted by molar-refractivity contribution is 8.00. The van der Waals surface area contributed by atoms with Crippen molar-refractivity contribution < 1.29 is 4.79 Å². The molecule has 0 unspecified atom stereocenters. The normalized spacial score (nSPS) is 18.4. The number of hydrogen-bond acceptors (Lipinski definition) is 5. The molecule has 0 saturated carbocycles. The topological polar surface area (TPSA) is 71.8 Å². The van der Waals surface area contributed by atoms with E-state index >= 15 is 0 Å². The van der Waals surface area contributed by atoms with Crippen molar-refractivity contribution in [2.45, 2.75) is 36.7 Å². The molecule has 6 nitrogen and oxygen atoms in total. The summed E-state index contributed by atoms with van der Waals surface area (Å²) >= 11 is 1.44. The molecule has 2 heterocycles. The highest BCUT2D eigenvalue weighted by atomic mass is 32.2. The number of nitrogens with zero attached hydrogens (tertiary/aromatic N) is 3. The number of nitrogens with one attached hydrogen (secondary N) is 2. The van der Waals surface area contributed by atoms with E-state index in [0.717, 1.165) is 29.1 Å². The van der Waals surface area contributed by atoms with Crippen LogP contribution in [0.15, 0.2) is 59.8 Å². The van der Waals surface area contributed by atoms with Gasteiger partial charge in [0.15, 0.2) is 5.82 Å². The van der Waals surface area contributed by atoms with E-state index in [1.54, 1.807) is 0 Å². The molecule has 0 bridgehead atoms. The molecule has 0 spiro atoms. The quantitative estimate of drug-likeness (QED) is 0.725. The Balaban J connectivity index is 1.68. The Morgan fingerprint density at radius 1 is 1.15 bits per heavy atom. The van der Waals surface area contributed by atoms with Crippen LogP contribution in [0.5, 0.6) is 0 Å². The molecule has 4 rings (SSSR count). The van der Waals surface area contributed by atoms with Crippen LogP contribution in [0.2, 0.25) is 0 Å². The number of rotatable bonds is 4. The fraction of sp³-hybridized carbons (Fsp3) is 0.250. The zero-order valence-electron chi connectivity index (χ0n) is 15.2. The molecule has 2 N–H and O–H groups in total. The van der Waals surface area contributed by atoms with Crippen LogP contribution in [0, 0.1) is 6.92 Å². The number of aromatic nitrogens is 3. The standard InChI is InChI=1S/C20H21N5OS/c1-3-16-22-23-20-25(16)24-17(14-10-5-4-6-11-14)18(27-20)19(26)21-15-12-8-7-9-13(15)2/h4-12,17-18,24H,3H2,1-2H3,(H,21,26)/t17-,18-/m1/s1. The third kappa shape index (κ3) is 3.42. The van der Waals surface area contributed by atoms with Gasteiger partial charge in [-0.1, -0.05) is 67.2 Å². The second kappa shape index (κ2) is 7.44.